The third-order valence-electron chi connectivity index (χ3n) is 3.10. The molecule has 1 heterocycles. The molecule has 0 radical (unpaired) electrons. The zero-order valence-corrected chi connectivity index (χ0v) is 14.1. The summed E-state index contributed by atoms with van der Waals surface area (Å²) in [6.45, 7) is 15.7. The predicted molar refractivity (Wildman–Crippen MR) is 80.5 cm³/mol. The molecule has 0 unspecified atom stereocenters. The van der Waals surface area contributed by atoms with Gasteiger partial charge in [0.1, 0.15) is 0 Å². The molecule has 0 aromatic carbocycles. The molecule has 1 rings (SSSR count). The van der Waals surface area contributed by atoms with E-state index in [9.17, 15) is 0 Å². The number of halogens is 1. The Morgan fingerprint density at radius 3 is 2.22 bits per heavy atom. The van der Waals surface area contributed by atoms with Gasteiger partial charge >= 0.3 is 0 Å². The van der Waals surface area contributed by atoms with Crippen molar-refractivity contribution in [2.75, 3.05) is 6.54 Å². The Morgan fingerprint density at radius 2 is 1.83 bits per heavy atom. The first-order valence-corrected chi connectivity index (χ1v) is 7.32. The standard InChI is InChI=1S/C14H26BrN3/c1-13(2,3)7-8-18(14(4,5)6)10-12-11(15)9-16-17-12/h9H,7-8,10H2,1-6H3,(H,16,17). The minimum absolute atomic E-state index is 0.163. The van der Waals surface area contributed by atoms with Crippen molar-refractivity contribution in [3.8, 4) is 0 Å². The van der Waals surface area contributed by atoms with Crippen LogP contribution in [0, 0.1) is 5.41 Å². The van der Waals surface area contributed by atoms with Gasteiger partial charge in [0, 0.05) is 12.1 Å². The topological polar surface area (TPSA) is 31.9 Å². The van der Waals surface area contributed by atoms with E-state index >= 15 is 0 Å². The van der Waals surface area contributed by atoms with E-state index in [1.54, 1.807) is 0 Å². The van der Waals surface area contributed by atoms with E-state index in [0.29, 0.717) is 5.41 Å². The Labute approximate surface area is 119 Å². The average molecular weight is 316 g/mol. The van der Waals surface area contributed by atoms with Gasteiger partial charge in [-0.25, -0.2) is 0 Å². The summed E-state index contributed by atoms with van der Waals surface area (Å²) in [6, 6.07) is 0. The van der Waals surface area contributed by atoms with Crippen molar-refractivity contribution in [1.29, 1.82) is 0 Å². The molecule has 0 aliphatic rings. The van der Waals surface area contributed by atoms with Gasteiger partial charge in [-0.05, 0) is 55.1 Å². The molecule has 0 aliphatic heterocycles. The van der Waals surface area contributed by atoms with Crippen molar-refractivity contribution < 1.29 is 0 Å². The van der Waals surface area contributed by atoms with E-state index in [2.05, 4.69) is 72.6 Å². The van der Waals surface area contributed by atoms with Gasteiger partial charge in [-0.2, -0.15) is 5.10 Å². The van der Waals surface area contributed by atoms with Crippen LogP contribution in [0.3, 0.4) is 0 Å². The summed E-state index contributed by atoms with van der Waals surface area (Å²) >= 11 is 3.53. The molecule has 1 aromatic rings. The monoisotopic (exact) mass is 315 g/mol. The molecule has 1 N–H and O–H groups in total. The quantitative estimate of drug-likeness (QED) is 0.902. The molecule has 0 aliphatic carbocycles. The Hall–Kier alpha value is -0.350. The van der Waals surface area contributed by atoms with Gasteiger partial charge in [0.2, 0.25) is 0 Å². The number of hydrogen-bond donors (Lipinski definition) is 1. The second-order valence-corrected chi connectivity index (χ2v) is 7.95. The van der Waals surface area contributed by atoms with E-state index in [1.165, 1.54) is 6.42 Å². The first-order valence-electron chi connectivity index (χ1n) is 6.52. The fraction of sp³-hybridized carbons (Fsp3) is 0.786. The number of aromatic nitrogens is 2. The summed E-state index contributed by atoms with van der Waals surface area (Å²) in [6.07, 6.45) is 3.01. The summed E-state index contributed by atoms with van der Waals surface area (Å²) in [5.74, 6) is 0. The Balaban J connectivity index is 2.71. The van der Waals surface area contributed by atoms with Crippen LogP contribution < -0.4 is 0 Å². The van der Waals surface area contributed by atoms with Gasteiger partial charge in [-0.3, -0.25) is 10.00 Å². The van der Waals surface area contributed by atoms with Crippen LogP contribution in [-0.2, 0) is 6.54 Å². The highest BCUT2D eigenvalue weighted by Gasteiger charge is 2.24. The summed E-state index contributed by atoms with van der Waals surface area (Å²) in [4.78, 5) is 2.50. The van der Waals surface area contributed by atoms with Gasteiger partial charge in [-0.1, -0.05) is 20.8 Å². The number of nitrogens with zero attached hydrogens (tertiary/aromatic N) is 2. The molecule has 0 atom stereocenters. The average Bonchev–Trinajstić information content (AvgIpc) is 2.55. The molecule has 0 amide bonds. The molecule has 0 saturated heterocycles. The van der Waals surface area contributed by atoms with Crippen LogP contribution in [0.1, 0.15) is 53.7 Å². The van der Waals surface area contributed by atoms with Gasteiger partial charge < -0.3 is 0 Å². The fourth-order valence-corrected chi connectivity index (χ4v) is 2.04. The van der Waals surface area contributed by atoms with Gasteiger partial charge in [0.25, 0.3) is 0 Å². The van der Waals surface area contributed by atoms with E-state index < -0.39 is 0 Å². The number of rotatable bonds is 4. The summed E-state index contributed by atoms with van der Waals surface area (Å²) in [5, 5.41) is 7.13. The summed E-state index contributed by atoms with van der Waals surface area (Å²) < 4.78 is 1.06. The lowest BCUT2D eigenvalue weighted by Gasteiger charge is -2.37. The van der Waals surface area contributed by atoms with Crippen molar-refractivity contribution >= 4 is 15.9 Å². The highest BCUT2D eigenvalue weighted by Crippen LogP contribution is 2.25. The van der Waals surface area contributed by atoms with Crippen molar-refractivity contribution in [1.82, 2.24) is 15.1 Å². The molecule has 4 heteroatoms. The lowest BCUT2D eigenvalue weighted by Crippen LogP contribution is -2.42. The largest absolute Gasteiger partial charge is 0.293 e. The normalized spacial score (nSPS) is 13.3. The van der Waals surface area contributed by atoms with Crippen LogP contribution in [0.5, 0.6) is 0 Å². The van der Waals surface area contributed by atoms with Crippen LogP contribution in [0.15, 0.2) is 10.7 Å². The molecule has 0 spiro atoms. The summed E-state index contributed by atoms with van der Waals surface area (Å²) in [7, 11) is 0. The SMILES string of the molecule is CC(C)(C)CCN(Cc1[nH]ncc1Br)C(C)(C)C. The van der Waals surface area contributed by atoms with Gasteiger partial charge in [0.15, 0.2) is 0 Å². The highest BCUT2D eigenvalue weighted by molar-refractivity contribution is 9.10. The van der Waals surface area contributed by atoms with Crippen molar-refractivity contribution in [3.05, 3.63) is 16.4 Å². The molecule has 0 saturated carbocycles. The Kier molecular flexibility index (Phi) is 5.01. The van der Waals surface area contributed by atoms with Crippen LogP contribution in [0.25, 0.3) is 0 Å². The zero-order chi connectivity index (χ0) is 14.0. The van der Waals surface area contributed by atoms with Crippen molar-refractivity contribution in [2.24, 2.45) is 5.41 Å². The maximum absolute atomic E-state index is 4.07. The first kappa shape index (κ1) is 15.7. The Morgan fingerprint density at radius 1 is 1.22 bits per heavy atom. The van der Waals surface area contributed by atoms with Gasteiger partial charge in [0.05, 0.1) is 16.4 Å². The van der Waals surface area contributed by atoms with Crippen molar-refractivity contribution in [3.63, 3.8) is 0 Å². The second-order valence-electron chi connectivity index (χ2n) is 7.10. The molecule has 0 fully saturated rings. The number of H-pyrrole nitrogens is 1. The third kappa shape index (κ3) is 5.11. The lowest BCUT2D eigenvalue weighted by molar-refractivity contribution is 0.108. The van der Waals surface area contributed by atoms with Crippen LogP contribution in [0.4, 0.5) is 0 Å². The lowest BCUT2D eigenvalue weighted by atomic mass is 9.91. The van der Waals surface area contributed by atoms with E-state index in [1.807, 2.05) is 6.20 Å². The van der Waals surface area contributed by atoms with Gasteiger partial charge in [-0.15, -0.1) is 0 Å². The van der Waals surface area contributed by atoms with E-state index in [-0.39, 0.29) is 5.54 Å². The third-order valence-corrected chi connectivity index (χ3v) is 3.78. The second kappa shape index (κ2) is 5.74. The maximum Gasteiger partial charge on any atom is 0.0634 e. The molecule has 3 nitrogen and oxygen atoms in total. The predicted octanol–water partition coefficient (Wildman–Crippen LogP) is 4.21. The molecular weight excluding hydrogens is 290 g/mol. The van der Waals surface area contributed by atoms with Crippen LogP contribution in [0.2, 0.25) is 0 Å². The molecular formula is C14H26BrN3. The maximum atomic E-state index is 4.07. The molecule has 18 heavy (non-hydrogen) atoms. The minimum atomic E-state index is 0.163. The molecule has 104 valence electrons. The summed E-state index contributed by atoms with van der Waals surface area (Å²) in [5.41, 5.74) is 1.68. The first-order chi connectivity index (χ1) is 8.09. The molecule has 0 bridgehead atoms. The number of nitrogens with one attached hydrogen (secondary N) is 1. The van der Waals surface area contributed by atoms with E-state index in [0.717, 1.165) is 23.3 Å². The minimum Gasteiger partial charge on any atom is -0.293 e. The number of aromatic amines is 1. The molecule has 1 aromatic heterocycles. The highest BCUT2D eigenvalue weighted by atomic mass is 79.9. The van der Waals surface area contributed by atoms with Crippen LogP contribution in [-0.4, -0.2) is 27.2 Å². The zero-order valence-electron chi connectivity index (χ0n) is 12.5. The van der Waals surface area contributed by atoms with Crippen molar-refractivity contribution in [2.45, 2.75) is 60.0 Å². The smallest absolute Gasteiger partial charge is 0.0634 e. The Bertz CT molecular complexity index is 371. The number of hydrogen-bond acceptors (Lipinski definition) is 2. The fourth-order valence-electron chi connectivity index (χ4n) is 1.72. The van der Waals surface area contributed by atoms with E-state index in [4.69, 9.17) is 0 Å². The van der Waals surface area contributed by atoms with Crippen LogP contribution >= 0.6 is 15.9 Å².